The molecule has 0 aliphatic rings. The van der Waals surface area contributed by atoms with E-state index in [4.69, 9.17) is 0 Å². The van der Waals surface area contributed by atoms with Gasteiger partial charge in [-0.2, -0.15) is 0 Å². The van der Waals surface area contributed by atoms with Gasteiger partial charge in [0.1, 0.15) is 11.5 Å². The van der Waals surface area contributed by atoms with E-state index in [1.54, 1.807) is 24.8 Å². The Labute approximate surface area is 182 Å². The van der Waals surface area contributed by atoms with E-state index in [2.05, 4.69) is 30.2 Å². The van der Waals surface area contributed by atoms with E-state index in [1.807, 2.05) is 36.4 Å². The molecule has 0 radical (unpaired) electrons. The van der Waals surface area contributed by atoms with Crippen LogP contribution in [0.2, 0.25) is 0 Å². The highest BCUT2D eigenvalue weighted by Gasteiger charge is 2.13. The first-order valence-corrected chi connectivity index (χ1v) is 9.85. The van der Waals surface area contributed by atoms with Crippen molar-refractivity contribution in [3.05, 3.63) is 96.7 Å². The molecule has 0 fully saturated rings. The second-order valence-electron chi connectivity index (χ2n) is 7.02. The predicted molar refractivity (Wildman–Crippen MR) is 117 cm³/mol. The van der Waals surface area contributed by atoms with Crippen LogP contribution in [0.3, 0.4) is 0 Å². The van der Waals surface area contributed by atoms with Crippen LogP contribution in [-0.4, -0.2) is 24.9 Å². The van der Waals surface area contributed by atoms with Crippen molar-refractivity contribution in [1.82, 2.24) is 24.9 Å². The van der Waals surface area contributed by atoms with Crippen molar-refractivity contribution in [3.63, 3.8) is 0 Å². The molecule has 0 amide bonds. The first-order valence-electron chi connectivity index (χ1n) is 9.85. The van der Waals surface area contributed by atoms with Crippen molar-refractivity contribution in [2.75, 3.05) is 5.32 Å². The quantitative estimate of drug-likeness (QED) is 0.424. The highest BCUT2D eigenvalue weighted by Crippen LogP contribution is 2.29. The minimum atomic E-state index is -0.900. The topological polar surface area (TPSA) is 76.5 Å². The molecular formula is C24H16F2N6. The standard InChI is InChI=1S/C24H16F2N6/c25-19-7-5-15(11-20(19)26)16-4-6-18-21(12-16)31-24(22-14-27-9-10-29-22)32-23(18)30-13-17-3-1-2-8-28-17/h1-12,14H,13H2,(H,30,31,32). The van der Waals surface area contributed by atoms with Gasteiger partial charge >= 0.3 is 0 Å². The number of anilines is 1. The lowest BCUT2D eigenvalue weighted by molar-refractivity contribution is 0.509. The Balaban J connectivity index is 1.61. The molecule has 0 aliphatic carbocycles. The van der Waals surface area contributed by atoms with Gasteiger partial charge in [0.15, 0.2) is 17.5 Å². The molecule has 1 N–H and O–H groups in total. The Bertz CT molecular complexity index is 1390. The van der Waals surface area contributed by atoms with Crippen LogP contribution in [0.15, 0.2) is 79.4 Å². The van der Waals surface area contributed by atoms with Gasteiger partial charge in [0, 0.05) is 24.0 Å². The summed E-state index contributed by atoms with van der Waals surface area (Å²) in [5.74, 6) is -0.777. The molecule has 32 heavy (non-hydrogen) atoms. The Kier molecular flexibility index (Phi) is 5.17. The molecule has 0 aliphatic heterocycles. The molecule has 0 atom stereocenters. The average Bonchev–Trinajstić information content (AvgIpc) is 2.85. The third kappa shape index (κ3) is 3.98. The summed E-state index contributed by atoms with van der Waals surface area (Å²) < 4.78 is 27.1. The number of rotatable bonds is 5. The smallest absolute Gasteiger partial charge is 0.182 e. The van der Waals surface area contributed by atoms with E-state index in [-0.39, 0.29) is 0 Å². The lowest BCUT2D eigenvalue weighted by Crippen LogP contribution is -2.06. The number of fused-ring (bicyclic) bond motifs is 1. The first kappa shape index (κ1) is 19.6. The minimum Gasteiger partial charge on any atom is -0.364 e. The van der Waals surface area contributed by atoms with Gasteiger partial charge in [0.25, 0.3) is 0 Å². The second-order valence-corrected chi connectivity index (χ2v) is 7.02. The van der Waals surface area contributed by atoms with Crippen LogP contribution in [0.25, 0.3) is 33.5 Å². The van der Waals surface area contributed by atoms with E-state index < -0.39 is 11.6 Å². The summed E-state index contributed by atoms with van der Waals surface area (Å²) in [6, 6.07) is 15.0. The van der Waals surface area contributed by atoms with Gasteiger partial charge < -0.3 is 5.32 Å². The molecular weight excluding hydrogens is 410 g/mol. The van der Waals surface area contributed by atoms with Gasteiger partial charge in [0.2, 0.25) is 0 Å². The van der Waals surface area contributed by atoms with Gasteiger partial charge in [-0.3, -0.25) is 9.97 Å². The largest absolute Gasteiger partial charge is 0.364 e. The van der Waals surface area contributed by atoms with Crippen LogP contribution in [0, 0.1) is 11.6 Å². The molecule has 3 aromatic heterocycles. The molecule has 0 saturated heterocycles. The lowest BCUT2D eigenvalue weighted by Gasteiger charge is -2.12. The maximum Gasteiger partial charge on any atom is 0.182 e. The predicted octanol–water partition coefficient (Wildman–Crippen LogP) is 5.04. The van der Waals surface area contributed by atoms with Crippen molar-refractivity contribution >= 4 is 16.7 Å². The molecule has 5 aromatic rings. The summed E-state index contributed by atoms with van der Waals surface area (Å²) in [5.41, 5.74) is 3.27. The molecule has 6 nitrogen and oxygen atoms in total. The highest BCUT2D eigenvalue weighted by molar-refractivity contribution is 5.93. The maximum absolute atomic E-state index is 13.8. The van der Waals surface area contributed by atoms with E-state index in [0.29, 0.717) is 40.5 Å². The van der Waals surface area contributed by atoms with Gasteiger partial charge in [0.05, 0.1) is 24.0 Å². The summed E-state index contributed by atoms with van der Waals surface area (Å²) in [6.07, 6.45) is 6.46. The third-order valence-electron chi connectivity index (χ3n) is 4.91. The zero-order chi connectivity index (χ0) is 21.9. The van der Waals surface area contributed by atoms with Crippen molar-refractivity contribution < 1.29 is 8.78 Å². The van der Waals surface area contributed by atoms with Crippen LogP contribution >= 0.6 is 0 Å². The van der Waals surface area contributed by atoms with Crippen LogP contribution in [0.5, 0.6) is 0 Å². The van der Waals surface area contributed by atoms with Crippen LogP contribution in [-0.2, 0) is 6.54 Å². The fourth-order valence-electron chi connectivity index (χ4n) is 3.33. The van der Waals surface area contributed by atoms with Crippen molar-refractivity contribution in [2.24, 2.45) is 0 Å². The Hall–Kier alpha value is -4.33. The van der Waals surface area contributed by atoms with E-state index in [1.165, 1.54) is 12.1 Å². The minimum absolute atomic E-state index is 0.400. The molecule has 3 heterocycles. The summed E-state index contributed by atoms with van der Waals surface area (Å²) >= 11 is 0. The normalized spacial score (nSPS) is 10.9. The second kappa shape index (κ2) is 8.43. The van der Waals surface area contributed by atoms with Crippen LogP contribution in [0.4, 0.5) is 14.6 Å². The molecule has 0 unspecified atom stereocenters. The fraction of sp³-hybridized carbons (Fsp3) is 0.0417. The van der Waals surface area contributed by atoms with Gasteiger partial charge in [-0.25, -0.2) is 23.7 Å². The first-order chi connectivity index (χ1) is 15.7. The molecule has 5 rings (SSSR count). The monoisotopic (exact) mass is 426 g/mol. The van der Waals surface area contributed by atoms with Crippen molar-refractivity contribution in [3.8, 4) is 22.6 Å². The zero-order valence-electron chi connectivity index (χ0n) is 16.7. The highest BCUT2D eigenvalue weighted by atomic mass is 19.2. The third-order valence-corrected chi connectivity index (χ3v) is 4.91. The van der Waals surface area contributed by atoms with Crippen molar-refractivity contribution in [2.45, 2.75) is 6.54 Å². The molecule has 2 aromatic carbocycles. The van der Waals surface area contributed by atoms with E-state index >= 15 is 0 Å². The van der Waals surface area contributed by atoms with E-state index in [0.717, 1.165) is 17.1 Å². The number of pyridine rings is 1. The van der Waals surface area contributed by atoms with Crippen LogP contribution < -0.4 is 5.32 Å². The Morgan fingerprint density at radius 3 is 2.44 bits per heavy atom. The molecule has 8 heteroatoms. The Morgan fingerprint density at radius 1 is 0.781 bits per heavy atom. The average molecular weight is 426 g/mol. The van der Waals surface area contributed by atoms with Crippen molar-refractivity contribution in [1.29, 1.82) is 0 Å². The number of nitrogens with zero attached hydrogens (tertiary/aromatic N) is 5. The summed E-state index contributed by atoms with van der Waals surface area (Å²) in [7, 11) is 0. The van der Waals surface area contributed by atoms with Gasteiger partial charge in [-0.1, -0.05) is 18.2 Å². The lowest BCUT2D eigenvalue weighted by atomic mass is 10.0. The fourth-order valence-corrected chi connectivity index (χ4v) is 3.33. The number of hydrogen-bond acceptors (Lipinski definition) is 6. The van der Waals surface area contributed by atoms with Gasteiger partial charge in [-0.05, 0) is 47.5 Å². The molecule has 0 spiro atoms. The molecule has 0 saturated carbocycles. The number of aromatic nitrogens is 5. The summed E-state index contributed by atoms with van der Waals surface area (Å²) in [5, 5.41) is 4.10. The Morgan fingerprint density at radius 2 is 1.66 bits per heavy atom. The number of benzene rings is 2. The zero-order valence-corrected chi connectivity index (χ0v) is 16.7. The summed E-state index contributed by atoms with van der Waals surface area (Å²) in [4.78, 5) is 22.0. The molecule has 156 valence electrons. The number of halogens is 2. The maximum atomic E-state index is 13.8. The van der Waals surface area contributed by atoms with Gasteiger partial charge in [-0.15, -0.1) is 0 Å². The number of hydrogen-bond donors (Lipinski definition) is 1. The summed E-state index contributed by atoms with van der Waals surface area (Å²) in [6.45, 7) is 0.470. The number of nitrogens with one attached hydrogen (secondary N) is 1. The van der Waals surface area contributed by atoms with E-state index in [9.17, 15) is 8.78 Å². The SMILES string of the molecule is Fc1ccc(-c2ccc3c(NCc4ccccn4)nc(-c4cnccn4)nc3c2)cc1F. The molecule has 0 bridgehead atoms. The van der Waals surface area contributed by atoms with Crippen LogP contribution in [0.1, 0.15) is 5.69 Å².